The highest BCUT2D eigenvalue weighted by molar-refractivity contribution is 6.31. The molecule has 0 spiro atoms. The number of aromatic nitrogens is 2. The highest BCUT2D eigenvalue weighted by Gasteiger charge is 2.09. The van der Waals surface area contributed by atoms with E-state index in [1.54, 1.807) is 18.3 Å². The average molecular weight is 301 g/mol. The third-order valence-corrected chi connectivity index (χ3v) is 3.64. The van der Waals surface area contributed by atoms with Crippen molar-refractivity contribution < 1.29 is 5.21 Å². The molecule has 3 aromatic rings. The fraction of sp³-hybridized carbons (Fsp3) is 0.0667. The second-order valence-electron chi connectivity index (χ2n) is 4.65. The van der Waals surface area contributed by atoms with E-state index in [2.05, 4.69) is 20.7 Å². The van der Waals surface area contributed by atoms with E-state index in [4.69, 9.17) is 11.6 Å². The lowest BCUT2D eigenvalue weighted by atomic mass is 10.1. The van der Waals surface area contributed by atoms with E-state index in [-0.39, 0.29) is 0 Å². The van der Waals surface area contributed by atoms with Crippen molar-refractivity contribution in [3.8, 4) is 0 Å². The summed E-state index contributed by atoms with van der Waals surface area (Å²) in [7, 11) is 0. The predicted molar refractivity (Wildman–Crippen MR) is 83.4 cm³/mol. The number of amidine groups is 1. The van der Waals surface area contributed by atoms with Gasteiger partial charge in [-0.1, -0.05) is 23.7 Å². The number of benzene rings is 2. The Balaban J connectivity index is 2.11. The van der Waals surface area contributed by atoms with Crippen LogP contribution in [0.5, 0.6) is 0 Å². The SMILES string of the molecule is Cc1cc(N=C(NO)c2cccc3cn[nH]c23)ccc1Cl. The van der Waals surface area contributed by atoms with Gasteiger partial charge in [0.2, 0.25) is 0 Å². The third kappa shape index (κ3) is 2.61. The minimum absolute atomic E-state index is 0.339. The van der Waals surface area contributed by atoms with Crippen LogP contribution in [0.4, 0.5) is 5.69 Å². The van der Waals surface area contributed by atoms with Gasteiger partial charge in [-0.2, -0.15) is 5.10 Å². The van der Waals surface area contributed by atoms with Crippen molar-refractivity contribution in [1.29, 1.82) is 0 Å². The van der Waals surface area contributed by atoms with Crippen LogP contribution in [0.25, 0.3) is 10.9 Å². The first kappa shape index (κ1) is 13.6. The largest absolute Gasteiger partial charge is 0.290 e. The summed E-state index contributed by atoms with van der Waals surface area (Å²) in [6.45, 7) is 1.91. The molecule has 6 heteroatoms. The molecular formula is C15H13ClN4O. The van der Waals surface area contributed by atoms with Crippen molar-refractivity contribution in [2.45, 2.75) is 6.92 Å². The molecule has 5 nitrogen and oxygen atoms in total. The molecule has 2 aromatic carbocycles. The first-order valence-electron chi connectivity index (χ1n) is 6.36. The number of aliphatic imine (C=N–C) groups is 1. The van der Waals surface area contributed by atoms with Crippen molar-refractivity contribution in [3.05, 3.63) is 58.7 Å². The van der Waals surface area contributed by atoms with E-state index in [9.17, 15) is 5.21 Å². The van der Waals surface area contributed by atoms with Crippen LogP contribution in [0.1, 0.15) is 11.1 Å². The number of nitrogens with one attached hydrogen (secondary N) is 2. The summed E-state index contributed by atoms with van der Waals surface area (Å²) in [4.78, 5) is 4.43. The number of hydroxylamine groups is 1. The monoisotopic (exact) mass is 300 g/mol. The topological polar surface area (TPSA) is 73.3 Å². The van der Waals surface area contributed by atoms with Gasteiger partial charge in [-0.15, -0.1) is 0 Å². The second kappa shape index (κ2) is 5.55. The Bertz CT molecular complexity index is 825. The number of hydrogen-bond acceptors (Lipinski definition) is 3. The summed E-state index contributed by atoms with van der Waals surface area (Å²) in [6, 6.07) is 11.1. The van der Waals surface area contributed by atoms with Gasteiger partial charge in [0, 0.05) is 16.0 Å². The lowest BCUT2D eigenvalue weighted by Crippen LogP contribution is -2.20. The molecule has 21 heavy (non-hydrogen) atoms. The maximum absolute atomic E-state index is 9.42. The van der Waals surface area contributed by atoms with Gasteiger partial charge in [-0.25, -0.2) is 4.99 Å². The van der Waals surface area contributed by atoms with Crippen LogP contribution >= 0.6 is 11.6 Å². The normalized spacial score (nSPS) is 11.9. The zero-order chi connectivity index (χ0) is 14.8. The molecular weight excluding hydrogens is 288 g/mol. The van der Waals surface area contributed by atoms with Crippen LogP contribution in [0.15, 0.2) is 47.6 Å². The number of rotatable bonds is 2. The fourth-order valence-electron chi connectivity index (χ4n) is 2.14. The molecule has 0 atom stereocenters. The highest BCUT2D eigenvalue weighted by Crippen LogP contribution is 2.23. The van der Waals surface area contributed by atoms with E-state index < -0.39 is 0 Å². The van der Waals surface area contributed by atoms with Gasteiger partial charge in [0.25, 0.3) is 0 Å². The Morgan fingerprint density at radius 3 is 2.95 bits per heavy atom. The second-order valence-corrected chi connectivity index (χ2v) is 5.05. The molecule has 1 aromatic heterocycles. The van der Waals surface area contributed by atoms with Crippen molar-refractivity contribution in [3.63, 3.8) is 0 Å². The first-order chi connectivity index (χ1) is 10.2. The summed E-state index contributed by atoms with van der Waals surface area (Å²) in [5.41, 5.74) is 5.32. The third-order valence-electron chi connectivity index (χ3n) is 3.22. The maximum atomic E-state index is 9.42. The van der Waals surface area contributed by atoms with Gasteiger partial charge < -0.3 is 0 Å². The number of H-pyrrole nitrogens is 1. The number of aryl methyl sites for hydroxylation is 1. The summed E-state index contributed by atoms with van der Waals surface area (Å²) < 4.78 is 0. The molecule has 3 rings (SSSR count). The molecule has 106 valence electrons. The van der Waals surface area contributed by atoms with E-state index in [0.29, 0.717) is 16.5 Å². The predicted octanol–water partition coefficient (Wildman–Crippen LogP) is 3.58. The van der Waals surface area contributed by atoms with Crippen LogP contribution in [0.2, 0.25) is 5.02 Å². The molecule has 1 heterocycles. The van der Waals surface area contributed by atoms with Gasteiger partial charge in [0.15, 0.2) is 5.84 Å². The molecule has 0 aliphatic carbocycles. The lowest BCUT2D eigenvalue weighted by Gasteiger charge is -2.07. The van der Waals surface area contributed by atoms with Gasteiger partial charge >= 0.3 is 0 Å². The van der Waals surface area contributed by atoms with E-state index in [0.717, 1.165) is 22.0 Å². The molecule has 0 radical (unpaired) electrons. The summed E-state index contributed by atoms with van der Waals surface area (Å²) in [6.07, 6.45) is 1.72. The Labute approximate surface area is 126 Å². The Morgan fingerprint density at radius 2 is 2.19 bits per heavy atom. The average Bonchev–Trinajstić information content (AvgIpc) is 2.97. The number of fused-ring (bicyclic) bond motifs is 1. The Hall–Kier alpha value is -2.37. The number of nitrogens with zero attached hydrogens (tertiary/aromatic N) is 2. The zero-order valence-corrected chi connectivity index (χ0v) is 12.0. The minimum Gasteiger partial charge on any atom is -0.290 e. The number of aromatic amines is 1. The van der Waals surface area contributed by atoms with Crippen LogP contribution in [-0.4, -0.2) is 21.2 Å². The van der Waals surface area contributed by atoms with Crippen molar-refractivity contribution in [2.75, 3.05) is 0 Å². The fourth-order valence-corrected chi connectivity index (χ4v) is 2.26. The summed E-state index contributed by atoms with van der Waals surface area (Å²) in [5.74, 6) is 0.339. The number of hydrogen-bond donors (Lipinski definition) is 3. The minimum atomic E-state index is 0.339. The van der Waals surface area contributed by atoms with Gasteiger partial charge in [0.05, 0.1) is 17.4 Å². The summed E-state index contributed by atoms with van der Waals surface area (Å²) in [5, 5.41) is 18.0. The molecule has 0 aliphatic heterocycles. The molecule has 0 unspecified atom stereocenters. The van der Waals surface area contributed by atoms with Gasteiger partial charge in [-0.3, -0.25) is 15.8 Å². The number of para-hydroxylation sites is 1. The smallest absolute Gasteiger partial charge is 0.159 e. The van der Waals surface area contributed by atoms with E-state index >= 15 is 0 Å². The molecule has 0 saturated carbocycles. The molecule has 0 saturated heterocycles. The lowest BCUT2D eigenvalue weighted by molar-refractivity contribution is 0.235. The Kier molecular flexibility index (Phi) is 3.60. The van der Waals surface area contributed by atoms with E-state index in [1.165, 1.54) is 0 Å². The van der Waals surface area contributed by atoms with Gasteiger partial charge in [0.1, 0.15) is 0 Å². The van der Waals surface area contributed by atoms with Crippen LogP contribution < -0.4 is 5.48 Å². The van der Waals surface area contributed by atoms with Crippen LogP contribution in [0.3, 0.4) is 0 Å². The molecule has 0 fully saturated rings. The van der Waals surface area contributed by atoms with Crippen LogP contribution in [0, 0.1) is 6.92 Å². The highest BCUT2D eigenvalue weighted by atomic mass is 35.5. The number of halogens is 1. The van der Waals surface area contributed by atoms with Gasteiger partial charge in [-0.05, 0) is 36.8 Å². The van der Waals surface area contributed by atoms with Crippen molar-refractivity contribution in [1.82, 2.24) is 15.7 Å². The molecule has 0 bridgehead atoms. The molecule has 0 amide bonds. The van der Waals surface area contributed by atoms with Crippen molar-refractivity contribution in [2.24, 2.45) is 4.99 Å². The summed E-state index contributed by atoms with van der Waals surface area (Å²) >= 11 is 6.00. The standard InChI is InChI=1S/C15H13ClN4O/c1-9-7-11(5-6-13(9)16)18-15(20-21)12-4-2-3-10-8-17-19-14(10)12/h2-8,21H,1H3,(H,17,19)(H,18,20). The molecule has 3 N–H and O–H groups in total. The maximum Gasteiger partial charge on any atom is 0.159 e. The first-order valence-corrected chi connectivity index (χ1v) is 6.74. The van der Waals surface area contributed by atoms with Crippen LogP contribution in [-0.2, 0) is 0 Å². The zero-order valence-electron chi connectivity index (χ0n) is 11.3. The Morgan fingerprint density at radius 1 is 1.33 bits per heavy atom. The van der Waals surface area contributed by atoms with E-state index in [1.807, 2.05) is 31.2 Å². The molecule has 0 aliphatic rings. The quantitative estimate of drug-likeness (QED) is 0.385. The van der Waals surface area contributed by atoms with Crippen molar-refractivity contribution >= 4 is 34.0 Å².